The average Bonchev–Trinajstić information content (AvgIpc) is 2.18. The molecule has 3 heteroatoms. The number of nitrogens with one attached hydrogen (secondary N) is 1. The molecule has 0 aromatic heterocycles. The van der Waals surface area contributed by atoms with Crippen LogP contribution in [0.1, 0.15) is 29.8 Å². The number of hydrogen-bond acceptors (Lipinski definition) is 2. The Morgan fingerprint density at radius 1 is 1.33 bits per heavy atom. The van der Waals surface area contributed by atoms with E-state index in [2.05, 4.69) is 5.43 Å². The molecule has 15 heavy (non-hydrogen) atoms. The summed E-state index contributed by atoms with van der Waals surface area (Å²) in [6.07, 6.45) is 0. The Labute approximate surface area is 91.1 Å². The third kappa shape index (κ3) is 3.06. The zero-order valence-corrected chi connectivity index (χ0v) is 9.74. The summed E-state index contributed by atoms with van der Waals surface area (Å²) in [6.45, 7) is 5.99. The summed E-state index contributed by atoms with van der Waals surface area (Å²) in [5.41, 5.74) is 4.55. The zero-order valence-electron chi connectivity index (χ0n) is 9.74. The topological polar surface area (TPSA) is 32.3 Å². The number of amides is 1. The molecule has 0 spiro atoms. The molecular weight excluding hydrogens is 188 g/mol. The molecule has 1 rings (SSSR count). The van der Waals surface area contributed by atoms with Crippen molar-refractivity contribution >= 4 is 5.91 Å². The van der Waals surface area contributed by atoms with Gasteiger partial charge in [-0.05, 0) is 32.4 Å². The van der Waals surface area contributed by atoms with E-state index in [-0.39, 0.29) is 11.9 Å². The van der Waals surface area contributed by atoms with Crippen molar-refractivity contribution in [1.29, 1.82) is 0 Å². The van der Waals surface area contributed by atoms with Gasteiger partial charge in [-0.2, -0.15) is 0 Å². The van der Waals surface area contributed by atoms with Crippen LogP contribution in [0, 0.1) is 6.92 Å². The third-order valence-corrected chi connectivity index (χ3v) is 2.44. The number of hydrazine groups is 1. The molecule has 0 atom stereocenters. The molecule has 0 heterocycles. The fraction of sp³-hybridized carbons (Fsp3) is 0.417. The first-order chi connectivity index (χ1) is 7.02. The molecule has 0 aliphatic heterocycles. The lowest BCUT2D eigenvalue weighted by Gasteiger charge is -2.22. The van der Waals surface area contributed by atoms with Crippen molar-refractivity contribution in [2.75, 3.05) is 7.05 Å². The van der Waals surface area contributed by atoms with E-state index in [0.29, 0.717) is 0 Å². The molecule has 0 radical (unpaired) electrons. The smallest absolute Gasteiger partial charge is 0.265 e. The Morgan fingerprint density at radius 3 is 2.47 bits per heavy atom. The van der Waals surface area contributed by atoms with Crippen LogP contribution in [0.2, 0.25) is 0 Å². The molecule has 3 nitrogen and oxygen atoms in total. The minimum Gasteiger partial charge on any atom is -0.285 e. The number of carbonyl (C=O) groups excluding carboxylic acids is 1. The monoisotopic (exact) mass is 206 g/mol. The van der Waals surface area contributed by atoms with Crippen molar-refractivity contribution in [1.82, 2.24) is 10.4 Å². The quantitative estimate of drug-likeness (QED) is 0.767. The van der Waals surface area contributed by atoms with Crippen molar-refractivity contribution in [3.63, 3.8) is 0 Å². The number of nitrogens with zero attached hydrogens (tertiary/aromatic N) is 1. The number of aryl methyl sites for hydroxylation is 1. The minimum absolute atomic E-state index is 0.0516. The van der Waals surface area contributed by atoms with Gasteiger partial charge in [0.15, 0.2) is 0 Å². The van der Waals surface area contributed by atoms with Crippen LogP contribution in [-0.2, 0) is 0 Å². The maximum Gasteiger partial charge on any atom is 0.265 e. The van der Waals surface area contributed by atoms with E-state index in [9.17, 15) is 4.79 Å². The normalized spacial score (nSPS) is 10.8. The van der Waals surface area contributed by atoms with Gasteiger partial charge in [0, 0.05) is 18.7 Å². The fourth-order valence-electron chi connectivity index (χ4n) is 1.18. The van der Waals surface area contributed by atoms with Crippen molar-refractivity contribution in [3.8, 4) is 0 Å². The molecule has 1 aromatic rings. The lowest BCUT2D eigenvalue weighted by Crippen LogP contribution is -2.43. The van der Waals surface area contributed by atoms with Gasteiger partial charge in [0.25, 0.3) is 5.91 Å². The second-order valence-corrected chi connectivity index (χ2v) is 3.96. The molecular formula is C12H18N2O. The number of rotatable bonds is 3. The largest absolute Gasteiger partial charge is 0.285 e. The molecule has 0 aliphatic carbocycles. The first-order valence-electron chi connectivity index (χ1n) is 5.12. The first kappa shape index (κ1) is 11.7. The summed E-state index contributed by atoms with van der Waals surface area (Å²) in [4.78, 5) is 11.8. The van der Waals surface area contributed by atoms with Gasteiger partial charge in [-0.1, -0.05) is 18.2 Å². The Kier molecular flexibility index (Phi) is 3.86. The molecule has 0 saturated heterocycles. The Balaban J connectivity index is 2.74. The maximum absolute atomic E-state index is 11.8. The van der Waals surface area contributed by atoms with Gasteiger partial charge in [-0.3, -0.25) is 10.2 Å². The summed E-state index contributed by atoms with van der Waals surface area (Å²) in [6, 6.07) is 7.86. The summed E-state index contributed by atoms with van der Waals surface area (Å²) < 4.78 is 0. The lowest BCUT2D eigenvalue weighted by molar-refractivity contribution is 0.0785. The highest BCUT2D eigenvalue weighted by atomic mass is 16.2. The van der Waals surface area contributed by atoms with E-state index >= 15 is 0 Å². The molecule has 1 amide bonds. The molecule has 1 aromatic carbocycles. The number of hydrogen-bond donors (Lipinski definition) is 1. The van der Waals surface area contributed by atoms with Gasteiger partial charge >= 0.3 is 0 Å². The Bertz CT molecular complexity index is 347. The van der Waals surface area contributed by atoms with Crippen LogP contribution in [0.25, 0.3) is 0 Å². The third-order valence-electron chi connectivity index (χ3n) is 2.44. The highest BCUT2D eigenvalue weighted by molar-refractivity contribution is 5.95. The van der Waals surface area contributed by atoms with Crippen molar-refractivity contribution in [2.45, 2.75) is 26.8 Å². The van der Waals surface area contributed by atoms with E-state index in [1.165, 1.54) is 0 Å². The lowest BCUT2D eigenvalue weighted by atomic mass is 10.1. The molecule has 0 bridgehead atoms. The van der Waals surface area contributed by atoms with Crippen LogP contribution in [0.5, 0.6) is 0 Å². The summed E-state index contributed by atoms with van der Waals surface area (Å²) in [5, 5.41) is 1.80. The first-order valence-corrected chi connectivity index (χ1v) is 5.12. The van der Waals surface area contributed by atoms with Crippen LogP contribution < -0.4 is 5.43 Å². The van der Waals surface area contributed by atoms with Crippen LogP contribution >= 0.6 is 0 Å². The van der Waals surface area contributed by atoms with E-state index in [4.69, 9.17) is 0 Å². The second-order valence-electron chi connectivity index (χ2n) is 3.96. The van der Waals surface area contributed by atoms with Crippen LogP contribution in [0.3, 0.4) is 0 Å². The van der Waals surface area contributed by atoms with Crippen LogP contribution in [-0.4, -0.2) is 24.0 Å². The SMILES string of the molecule is Cc1ccccc1C(=O)NN(C)C(C)C. The van der Waals surface area contributed by atoms with Crippen molar-refractivity contribution in [3.05, 3.63) is 35.4 Å². The van der Waals surface area contributed by atoms with Gasteiger partial charge in [0.05, 0.1) is 0 Å². The highest BCUT2D eigenvalue weighted by Gasteiger charge is 2.11. The number of benzene rings is 1. The molecule has 0 aliphatic rings. The van der Waals surface area contributed by atoms with Gasteiger partial charge in [-0.25, -0.2) is 5.01 Å². The molecule has 82 valence electrons. The maximum atomic E-state index is 11.8. The number of carbonyl (C=O) groups is 1. The van der Waals surface area contributed by atoms with Crippen LogP contribution in [0.4, 0.5) is 0 Å². The standard InChI is InChI=1S/C12H18N2O/c1-9(2)14(4)13-12(15)11-8-6-5-7-10(11)3/h5-9H,1-4H3,(H,13,15). The van der Waals surface area contributed by atoms with E-state index < -0.39 is 0 Å². The van der Waals surface area contributed by atoms with E-state index in [1.807, 2.05) is 52.1 Å². The fourth-order valence-corrected chi connectivity index (χ4v) is 1.18. The summed E-state index contributed by atoms with van der Waals surface area (Å²) >= 11 is 0. The average molecular weight is 206 g/mol. The predicted molar refractivity (Wildman–Crippen MR) is 61.5 cm³/mol. The van der Waals surface area contributed by atoms with E-state index in [1.54, 1.807) is 5.01 Å². The summed E-state index contributed by atoms with van der Waals surface area (Å²) in [5.74, 6) is -0.0516. The van der Waals surface area contributed by atoms with Crippen molar-refractivity contribution in [2.24, 2.45) is 0 Å². The minimum atomic E-state index is -0.0516. The Hall–Kier alpha value is -1.35. The van der Waals surface area contributed by atoms with E-state index in [0.717, 1.165) is 11.1 Å². The predicted octanol–water partition coefficient (Wildman–Crippen LogP) is 1.98. The van der Waals surface area contributed by atoms with Gasteiger partial charge in [0.2, 0.25) is 0 Å². The van der Waals surface area contributed by atoms with Gasteiger partial charge in [0.1, 0.15) is 0 Å². The molecule has 1 N–H and O–H groups in total. The molecule has 0 fully saturated rings. The van der Waals surface area contributed by atoms with Gasteiger partial charge < -0.3 is 0 Å². The second kappa shape index (κ2) is 4.94. The van der Waals surface area contributed by atoms with Crippen molar-refractivity contribution < 1.29 is 4.79 Å². The summed E-state index contributed by atoms with van der Waals surface area (Å²) in [7, 11) is 1.86. The molecule has 0 unspecified atom stereocenters. The van der Waals surface area contributed by atoms with Gasteiger partial charge in [-0.15, -0.1) is 0 Å². The Morgan fingerprint density at radius 2 is 1.93 bits per heavy atom. The van der Waals surface area contributed by atoms with Crippen LogP contribution in [0.15, 0.2) is 24.3 Å². The molecule has 0 saturated carbocycles. The highest BCUT2D eigenvalue weighted by Crippen LogP contribution is 2.06. The zero-order chi connectivity index (χ0) is 11.4.